The summed E-state index contributed by atoms with van der Waals surface area (Å²) in [6, 6.07) is 6.75. The zero-order chi connectivity index (χ0) is 13.8. The van der Waals surface area contributed by atoms with Gasteiger partial charge in [0, 0.05) is 16.6 Å². The summed E-state index contributed by atoms with van der Waals surface area (Å²) in [6.45, 7) is 1.81. The van der Waals surface area contributed by atoms with Gasteiger partial charge >= 0.3 is 0 Å². The molecule has 1 heterocycles. The number of rotatable bonds is 4. The Hall–Kier alpha value is -1.65. The zero-order valence-corrected chi connectivity index (χ0v) is 11.3. The van der Waals surface area contributed by atoms with Gasteiger partial charge in [-0.05, 0) is 24.6 Å². The van der Waals surface area contributed by atoms with Crippen molar-refractivity contribution < 1.29 is 9.90 Å². The maximum atomic E-state index is 12.2. The quantitative estimate of drug-likeness (QED) is 0.903. The molecule has 5 heteroatoms. The number of benzene rings is 1. The van der Waals surface area contributed by atoms with Gasteiger partial charge in [0.2, 0.25) is 0 Å². The first kappa shape index (κ1) is 13.8. The topological polar surface area (TPSA) is 62.2 Å². The third kappa shape index (κ3) is 3.03. The molecule has 4 nitrogen and oxygen atoms in total. The number of amides is 1. The van der Waals surface area contributed by atoms with Crippen LogP contribution in [0.4, 0.5) is 0 Å². The van der Waals surface area contributed by atoms with E-state index in [-0.39, 0.29) is 18.6 Å². The normalized spacial score (nSPS) is 12.4. The number of halogens is 1. The van der Waals surface area contributed by atoms with Crippen LogP contribution in [0.3, 0.4) is 0 Å². The minimum atomic E-state index is -0.271. The van der Waals surface area contributed by atoms with Crippen molar-refractivity contribution in [1.82, 2.24) is 10.3 Å². The standard InChI is InChI=1S/C14H15ClN2O2/c1-2-11(8-18)17-14(19)12-7-10(15)6-9-4-3-5-16-13(9)12/h3-7,11,18H,2,8H2,1H3,(H,17,19). The minimum absolute atomic E-state index is 0.0891. The van der Waals surface area contributed by atoms with Gasteiger partial charge in [0.1, 0.15) is 0 Å². The molecule has 1 unspecified atom stereocenters. The van der Waals surface area contributed by atoms with E-state index >= 15 is 0 Å². The molecular weight excluding hydrogens is 264 g/mol. The van der Waals surface area contributed by atoms with Crippen LogP contribution in [0.5, 0.6) is 0 Å². The van der Waals surface area contributed by atoms with Crippen LogP contribution in [-0.4, -0.2) is 28.6 Å². The van der Waals surface area contributed by atoms with E-state index in [1.807, 2.05) is 13.0 Å². The Balaban J connectivity index is 2.41. The number of fused-ring (bicyclic) bond motifs is 1. The van der Waals surface area contributed by atoms with Crippen molar-refractivity contribution in [1.29, 1.82) is 0 Å². The molecular formula is C14H15ClN2O2. The Kier molecular flexibility index (Phi) is 4.35. The molecule has 0 aliphatic rings. The number of carbonyl (C=O) groups is 1. The highest BCUT2D eigenvalue weighted by molar-refractivity contribution is 6.32. The number of pyridine rings is 1. The summed E-state index contributed by atoms with van der Waals surface area (Å²) in [5.74, 6) is -0.271. The maximum Gasteiger partial charge on any atom is 0.253 e. The summed E-state index contributed by atoms with van der Waals surface area (Å²) in [4.78, 5) is 16.4. The average molecular weight is 279 g/mol. The molecule has 1 aromatic carbocycles. The van der Waals surface area contributed by atoms with Crippen LogP contribution in [0.15, 0.2) is 30.5 Å². The summed E-state index contributed by atoms with van der Waals surface area (Å²) in [5.41, 5.74) is 1.03. The highest BCUT2D eigenvalue weighted by Gasteiger charge is 2.15. The van der Waals surface area contributed by atoms with Crippen molar-refractivity contribution in [3.05, 3.63) is 41.0 Å². The van der Waals surface area contributed by atoms with Crippen LogP contribution in [0.1, 0.15) is 23.7 Å². The average Bonchev–Trinajstić information content (AvgIpc) is 2.43. The fraction of sp³-hybridized carbons (Fsp3) is 0.286. The largest absolute Gasteiger partial charge is 0.394 e. The predicted molar refractivity (Wildman–Crippen MR) is 75.4 cm³/mol. The van der Waals surface area contributed by atoms with Gasteiger partial charge in [-0.2, -0.15) is 0 Å². The molecule has 2 aromatic rings. The van der Waals surface area contributed by atoms with E-state index in [4.69, 9.17) is 16.7 Å². The maximum absolute atomic E-state index is 12.2. The Morgan fingerprint density at radius 1 is 1.53 bits per heavy atom. The number of nitrogens with one attached hydrogen (secondary N) is 1. The van der Waals surface area contributed by atoms with Gasteiger partial charge in [-0.25, -0.2) is 0 Å². The first-order valence-corrected chi connectivity index (χ1v) is 6.49. The van der Waals surface area contributed by atoms with E-state index in [1.165, 1.54) is 0 Å². The van der Waals surface area contributed by atoms with Crippen molar-refractivity contribution >= 4 is 28.4 Å². The number of aliphatic hydroxyl groups excluding tert-OH is 1. The second kappa shape index (κ2) is 5.99. The first-order chi connectivity index (χ1) is 9.15. The molecule has 0 fully saturated rings. The van der Waals surface area contributed by atoms with Crippen molar-refractivity contribution in [3.8, 4) is 0 Å². The van der Waals surface area contributed by atoms with Crippen LogP contribution in [0.25, 0.3) is 10.9 Å². The van der Waals surface area contributed by atoms with Crippen molar-refractivity contribution in [2.24, 2.45) is 0 Å². The van der Waals surface area contributed by atoms with E-state index in [0.717, 1.165) is 5.39 Å². The molecule has 0 aliphatic carbocycles. The number of aromatic nitrogens is 1. The third-order valence-corrected chi connectivity index (χ3v) is 3.18. The molecule has 0 aliphatic heterocycles. The van der Waals surface area contributed by atoms with Crippen LogP contribution in [0.2, 0.25) is 5.02 Å². The Morgan fingerprint density at radius 3 is 3.00 bits per heavy atom. The number of hydrogen-bond donors (Lipinski definition) is 2. The summed E-state index contributed by atoms with van der Waals surface area (Å²) < 4.78 is 0. The highest BCUT2D eigenvalue weighted by atomic mass is 35.5. The molecule has 1 amide bonds. The molecule has 0 radical (unpaired) electrons. The van der Waals surface area contributed by atoms with E-state index in [1.54, 1.807) is 24.4 Å². The highest BCUT2D eigenvalue weighted by Crippen LogP contribution is 2.22. The third-order valence-electron chi connectivity index (χ3n) is 2.96. The van der Waals surface area contributed by atoms with Crippen molar-refractivity contribution in [2.75, 3.05) is 6.61 Å². The van der Waals surface area contributed by atoms with E-state index in [0.29, 0.717) is 22.5 Å². The van der Waals surface area contributed by atoms with Crippen molar-refractivity contribution in [3.63, 3.8) is 0 Å². The summed E-state index contributed by atoms with van der Waals surface area (Å²) in [6.07, 6.45) is 2.30. The van der Waals surface area contributed by atoms with Gasteiger partial charge in [-0.15, -0.1) is 0 Å². The van der Waals surface area contributed by atoms with Gasteiger partial charge in [0.15, 0.2) is 0 Å². The fourth-order valence-electron chi connectivity index (χ4n) is 1.87. The molecule has 2 rings (SSSR count). The summed E-state index contributed by atoms with van der Waals surface area (Å²) >= 11 is 6.02. The smallest absolute Gasteiger partial charge is 0.253 e. The number of aliphatic hydroxyl groups is 1. The molecule has 0 saturated heterocycles. The molecule has 0 saturated carbocycles. The molecule has 19 heavy (non-hydrogen) atoms. The monoisotopic (exact) mass is 278 g/mol. The molecule has 2 N–H and O–H groups in total. The predicted octanol–water partition coefficient (Wildman–Crippen LogP) is 2.39. The van der Waals surface area contributed by atoms with E-state index < -0.39 is 0 Å². The SMILES string of the molecule is CCC(CO)NC(=O)c1cc(Cl)cc2cccnc12. The Bertz CT molecular complexity index is 597. The van der Waals surface area contributed by atoms with Crippen LogP contribution >= 0.6 is 11.6 Å². The van der Waals surface area contributed by atoms with Crippen molar-refractivity contribution in [2.45, 2.75) is 19.4 Å². The number of hydrogen-bond acceptors (Lipinski definition) is 3. The summed E-state index contributed by atoms with van der Waals surface area (Å²) in [7, 11) is 0. The van der Waals surface area contributed by atoms with Gasteiger partial charge in [-0.1, -0.05) is 24.6 Å². The van der Waals surface area contributed by atoms with Crippen LogP contribution in [0, 0.1) is 0 Å². The van der Waals surface area contributed by atoms with Gasteiger partial charge in [0.05, 0.1) is 23.7 Å². The Morgan fingerprint density at radius 2 is 2.32 bits per heavy atom. The van der Waals surface area contributed by atoms with E-state index in [9.17, 15) is 4.79 Å². The number of carbonyl (C=O) groups excluding carboxylic acids is 1. The molecule has 0 spiro atoms. The molecule has 0 bridgehead atoms. The molecule has 100 valence electrons. The lowest BCUT2D eigenvalue weighted by Crippen LogP contribution is -2.37. The first-order valence-electron chi connectivity index (χ1n) is 6.11. The zero-order valence-electron chi connectivity index (χ0n) is 10.6. The fourth-order valence-corrected chi connectivity index (χ4v) is 2.10. The second-order valence-electron chi connectivity index (χ2n) is 4.29. The molecule has 1 aromatic heterocycles. The Labute approximate surface area is 116 Å². The minimum Gasteiger partial charge on any atom is -0.394 e. The van der Waals surface area contributed by atoms with Gasteiger partial charge in [-0.3, -0.25) is 9.78 Å². The van der Waals surface area contributed by atoms with Gasteiger partial charge in [0.25, 0.3) is 5.91 Å². The lowest BCUT2D eigenvalue weighted by atomic mass is 10.1. The summed E-state index contributed by atoms with van der Waals surface area (Å²) in [5, 5.41) is 13.2. The van der Waals surface area contributed by atoms with Crippen LogP contribution < -0.4 is 5.32 Å². The number of nitrogens with zero attached hydrogens (tertiary/aromatic N) is 1. The van der Waals surface area contributed by atoms with Gasteiger partial charge < -0.3 is 10.4 Å². The molecule has 1 atom stereocenters. The van der Waals surface area contributed by atoms with Crippen LogP contribution in [-0.2, 0) is 0 Å². The second-order valence-corrected chi connectivity index (χ2v) is 4.73. The van der Waals surface area contributed by atoms with E-state index in [2.05, 4.69) is 10.3 Å². The lowest BCUT2D eigenvalue weighted by molar-refractivity contribution is 0.0916. The lowest BCUT2D eigenvalue weighted by Gasteiger charge is -2.14.